The Morgan fingerprint density at radius 1 is 1.33 bits per heavy atom. The SMILES string of the molecule is CCCC(Br)CCc1ccc(Cl)c(C)c1. The molecule has 0 radical (unpaired) electrons. The normalized spacial score (nSPS) is 12.8. The molecule has 0 fully saturated rings. The van der Waals surface area contributed by atoms with E-state index >= 15 is 0 Å². The lowest BCUT2D eigenvalue weighted by molar-refractivity contribution is 0.693. The molecule has 15 heavy (non-hydrogen) atoms. The van der Waals surface area contributed by atoms with E-state index < -0.39 is 0 Å². The highest BCUT2D eigenvalue weighted by Gasteiger charge is 2.04. The number of aryl methyl sites for hydroxylation is 2. The Labute approximate surface area is 106 Å². The third kappa shape index (κ3) is 4.56. The van der Waals surface area contributed by atoms with Gasteiger partial charge in [-0.15, -0.1) is 0 Å². The molecule has 0 bridgehead atoms. The van der Waals surface area contributed by atoms with Gasteiger partial charge >= 0.3 is 0 Å². The van der Waals surface area contributed by atoms with Crippen LogP contribution in [0, 0.1) is 6.92 Å². The van der Waals surface area contributed by atoms with Crippen molar-refractivity contribution in [3.05, 3.63) is 34.3 Å². The van der Waals surface area contributed by atoms with E-state index in [4.69, 9.17) is 11.6 Å². The molecule has 1 unspecified atom stereocenters. The van der Waals surface area contributed by atoms with Crippen molar-refractivity contribution in [1.82, 2.24) is 0 Å². The zero-order chi connectivity index (χ0) is 11.3. The molecule has 0 spiro atoms. The summed E-state index contributed by atoms with van der Waals surface area (Å²) in [6.45, 7) is 4.28. The summed E-state index contributed by atoms with van der Waals surface area (Å²) in [7, 11) is 0. The van der Waals surface area contributed by atoms with Gasteiger partial charge in [0.25, 0.3) is 0 Å². The Morgan fingerprint density at radius 2 is 2.07 bits per heavy atom. The number of hydrogen-bond donors (Lipinski definition) is 0. The van der Waals surface area contributed by atoms with Crippen LogP contribution in [0.2, 0.25) is 5.02 Å². The highest BCUT2D eigenvalue weighted by Crippen LogP contribution is 2.20. The van der Waals surface area contributed by atoms with Gasteiger partial charge in [-0.25, -0.2) is 0 Å². The van der Waals surface area contributed by atoms with Crippen molar-refractivity contribution in [3.63, 3.8) is 0 Å². The summed E-state index contributed by atoms with van der Waals surface area (Å²) in [5.74, 6) is 0. The zero-order valence-electron chi connectivity index (χ0n) is 9.39. The van der Waals surface area contributed by atoms with E-state index in [0.29, 0.717) is 4.83 Å². The van der Waals surface area contributed by atoms with Crippen molar-refractivity contribution in [3.8, 4) is 0 Å². The van der Waals surface area contributed by atoms with Gasteiger partial charge in [0.1, 0.15) is 0 Å². The highest BCUT2D eigenvalue weighted by molar-refractivity contribution is 9.09. The van der Waals surface area contributed by atoms with Crippen LogP contribution in [0.3, 0.4) is 0 Å². The second kappa shape index (κ2) is 6.55. The fourth-order valence-corrected chi connectivity index (χ4v) is 2.45. The van der Waals surface area contributed by atoms with Gasteiger partial charge in [-0.05, 0) is 43.4 Å². The Hall–Kier alpha value is -0.0100. The monoisotopic (exact) mass is 288 g/mol. The average molecular weight is 290 g/mol. The van der Waals surface area contributed by atoms with Crippen molar-refractivity contribution in [2.24, 2.45) is 0 Å². The third-order valence-corrected chi connectivity index (χ3v) is 3.91. The summed E-state index contributed by atoms with van der Waals surface area (Å²) < 4.78 is 0. The molecule has 1 aromatic rings. The molecule has 0 nitrogen and oxygen atoms in total. The Kier molecular flexibility index (Phi) is 5.70. The van der Waals surface area contributed by atoms with Crippen LogP contribution >= 0.6 is 27.5 Å². The van der Waals surface area contributed by atoms with Crippen LogP contribution in [-0.4, -0.2) is 4.83 Å². The van der Waals surface area contributed by atoms with Gasteiger partial charge in [0.05, 0.1) is 0 Å². The maximum atomic E-state index is 5.98. The molecule has 0 aliphatic heterocycles. The van der Waals surface area contributed by atoms with Gasteiger partial charge in [0.15, 0.2) is 0 Å². The molecule has 1 aromatic carbocycles. The van der Waals surface area contributed by atoms with Gasteiger partial charge in [0.2, 0.25) is 0 Å². The molecular formula is C13H18BrCl. The highest BCUT2D eigenvalue weighted by atomic mass is 79.9. The molecule has 0 amide bonds. The fraction of sp³-hybridized carbons (Fsp3) is 0.538. The molecule has 0 aromatic heterocycles. The summed E-state index contributed by atoms with van der Waals surface area (Å²) >= 11 is 9.69. The lowest BCUT2D eigenvalue weighted by Crippen LogP contribution is -1.99. The van der Waals surface area contributed by atoms with Crippen LogP contribution in [0.15, 0.2) is 18.2 Å². The molecule has 0 heterocycles. The molecule has 1 rings (SSSR count). The molecule has 1 atom stereocenters. The molecular weight excluding hydrogens is 272 g/mol. The summed E-state index contributed by atoms with van der Waals surface area (Å²) in [4.78, 5) is 0.651. The minimum Gasteiger partial charge on any atom is -0.0891 e. The van der Waals surface area contributed by atoms with E-state index in [-0.39, 0.29) is 0 Å². The predicted molar refractivity (Wildman–Crippen MR) is 72.1 cm³/mol. The first kappa shape index (κ1) is 13.1. The number of alkyl halides is 1. The van der Waals surface area contributed by atoms with Crippen LogP contribution in [0.1, 0.15) is 37.3 Å². The largest absolute Gasteiger partial charge is 0.0891 e. The molecule has 0 aliphatic carbocycles. The Balaban J connectivity index is 2.47. The molecule has 0 saturated heterocycles. The van der Waals surface area contributed by atoms with Crippen LogP contribution in [0.25, 0.3) is 0 Å². The fourth-order valence-electron chi connectivity index (χ4n) is 1.64. The summed E-state index contributed by atoms with van der Waals surface area (Å²) in [6, 6.07) is 6.31. The quantitative estimate of drug-likeness (QED) is 0.658. The van der Waals surface area contributed by atoms with E-state index in [2.05, 4.69) is 41.9 Å². The lowest BCUT2D eigenvalue weighted by atomic mass is 10.0. The number of halogens is 2. The molecule has 0 aliphatic rings. The first-order valence-corrected chi connectivity index (χ1v) is 6.82. The van der Waals surface area contributed by atoms with Crippen molar-refractivity contribution >= 4 is 27.5 Å². The second-order valence-electron chi connectivity index (χ2n) is 4.01. The first-order valence-electron chi connectivity index (χ1n) is 5.52. The van der Waals surface area contributed by atoms with Crippen molar-refractivity contribution in [1.29, 1.82) is 0 Å². The molecule has 0 saturated carbocycles. The van der Waals surface area contributed by atoms with Crippen LogP contribution in [0.4, 0.5) is 0 Å². The smallest absolute Gasteiger partial charge is 0.0435 e. The minimum absolute atomic E-state index is 0.651. The van der Waals surface area contributed by atoms with E-state index in [1.807, 2.05) is 6.07 Å². The number of rotatable bonds is 5. The van der Waals surface area contributed by atoms with Crippen LogP contribution < -0.4 is 0 Å². The Bertz CT molecular complexity index is 309. The first-order chi connectivity index (χ1) is 7.13. The second-order valence-corrected chi connectivity index (χ2v) is 5.71. The predicted octanol–water partition coefficient (Wildman–Crippen LogP) is 5.14. The van der Waals surface area contributed by atoms with Gasteiger partial charge < -0.3 is 0 Å². The lowest BCUT2D eigenvalue weighted by Gasteiger charge is -2.08. The standard InChI is InChI=1S/C13H18BrCl/c1-3-4-12(14)7-5-11-6-8-13(15)10(2)9-11/h6,8-9,12H,3-5,7H2,1-2H3. The van der Waals surface area contributed by atoms with E-state index in [9.17, 15) is 0 Å². The summed E-state index contributed by atoms with van der Waals surface area (Å²) in [5, 5.41) is 0.864. The van der Waals surface area contributed by atoms with Gasteiger partial charge in [-0.2, -0.15) is 0 Å². The van der Waals surface area contributed by atoms with Crippen molar-refractivity contribution < 1.29 is 0 Å². The maximum absolute atomic E-state index is 5.98. The van der Waals surface area contributed by atoms with Gasteiger partial charge in [-0.3, -0.25) is 0 Å². The van der Waals surface area contributed by atoms with E-state index in [1.54, 1.807) is 0 Å². The topological polar surface area (TPSA) is 0 Å². The molecule has 84 valence electrons. The van der Waals surface area contributed by atoms with E-state index in [1.165, 1.54) is 30.4 Å². The third-order valence-electron chi connectivity index (χ3n) is 2.57. The van der Waals surface area contributed by atoms with Crippen LogP contribution in [0.5, 0.6) is 0 Å². The Morgan fingerprint density at radius 3 is 2.67 bits per heavy atom. The molecule has 2 heteroatoms. The number of benzene rings is 1. The number of hydrogen-bond acceptors (Lipinski definition) is 0. The van der Waals surface area contributed by atoms with Gasteiger partial charge in [-0.1, -0.05) is 53.0 Å². The average Bonchev–Trinajstić information content (AvgIpc) is 2.20. The van der Waals surface area contributed by atoms with Crippen molar-refractivity contribution in [2.75, 3.05) is 0 Å². The zero-order valence-corrected chi connectivity index (χ0v) is 11.7. The summed E-state index contributed by atoms with van der Waals surface area (Å²) in [5.41, 5.74) is 2.56. The molecule has 0 N–H and O–H groups in total. The summed E-state index contributed by atoms with van der Waals surface area (Å²) in [6.07, 6.45) is 4.84. The van der Waals surface area contributed by atoms with Gasteiger partial charge in [0, 0.05) is 9.85 Å². The van der Waals surface area contributed by atoms with Crippen molar-refractivity contribution in [2.45, 2.75) is 44.4 Å². The van der Waals surface area contributed by atoms with Crippen LogP contribution in [-0.2, 0) is 6.42 Å². The van der Waals surface area contributed by atoms with E-state index in [0.717, 1.165) is 11.4 Å². The maximum Gasteiger partial charge on any atom is 0.0435 e. The minimum atomic E-state index is 0.651.